The van der Waals surface area contributed by atoms with Gasteiger partial charge in [0.1, 0.15) is 17.0 Å². The molecule has 2 aromatic heterocycles. The van der Waals surface area contributed by atoms with Crippen LogP contribution < -0.4 is 20.1 Å². The lowest BCUT2D eigenvalue weighted by atomic mass is 10.1. The lowest BCUT2D eigenvalue weighted by Gasteiger charge is -2.23. The number of nitrogens with zero attached hydrogens (tertiary/aromatic N) is 3. The second-order valence-corrected chi connectivity index (χ2v) is 11.7. The Balaban J connectivity index is 1.80. The first-order chi connectivity index (χ1) is 17.8. The van der Waals surface area contributed by atoms with Gasteiger partial charge in [-0.05, 0) is 18.9 Å². The zero-order chi connectivity index (χ0) is 26.6. The van der Waals surface area contributed by atoms with E-state index in [4.69, 9.17) is 42.4 Å². The first kappa shape index (κ1) is 27.4. The van der Waals surface area contributed by atoms with Crippen LogP contribution in [0.2, 0.25) is 10.0 Å². The summed E-state index contributed by atoms with van der Waals surface area (Å²) in [4.78, 5) is 13.9. The molecule has 3 heterocycles. The molecule has 0 spiro atoms. The summed E-state index contributed by atoms with van der Waals surface area (Å²) in [5.41, 5.74) is 1.35. The maximum atomic E-state index is 12.1. The summed E-state index contributed by atoms with van der Waals surface area (Å²) in [6, 6.07) is 3.47. The van der Waals surface area contributed by atoms with Crippen molar-refractivity contribution in [3.63, 3.8) is 0 Å². The van der Waals surface area contributed by atoms with Crippen LogP contribution in [-0.4, -0.2) is 74.9 Å². The minimum Gasteiger partial charge on any atom is -0.495 e. The van der Waals surface area contributed by atoms with Crippen molar-refractivity contribution in [1.82, 2.24) is 15.0 Å². The number of sulfone groups is 1. The van der Waals surface area contributed by atoms with Gasteiger partial charge in [0.15, 0.2) is 15.7 Å². The lowest BCUT2D eigenvalue weighted by Crippen LogP contribution is -2.30. The van der Waals surface area contributed by atoms with Gasteiger partial charge in [0, 0.05) is 42.1 Å². The summed E-state index contributed by atoms with van der Waals surface area (Å²) in [7, 11) is -0.202. The van der Waals surface area contributed by atoms with Crippen molar-refractivity contribution in [2.75, 3.05) is 56.1 Å². The van der Waals surface area contributed by atoms with E-state index in [2.05, 4.69) is 20.6 Å². The minimum absolute atomic E-state index is 0.0530. The molecule has 1 aromatic carbocycles. The summed E-state index contributed by atoms with van der Waals surface area (Å²) >= 11 is 13.3. The number of nitrogens with one attached hydrogen (secondary N) is 2. The Bertz CT molecular complexity index is 1360. The molecule has 1 fully saturated rings. The molecule has 0 aliphatic carbocycles. The molecule has 1 atom stereocenters. The topological polar surface area (TPSA) is 125 Å². The number of ether oxygens (including phenoxy) is 3. The fraction of sp³-hybridized carbons (Fsp3) is 0.458. The number of halogens is 2. The molecule has 1 aliphatic heterocycles. The Morgan fingerprint density at radius 1 is 1.14 bits per heavy atom. The third kappa shape index (κ3) is 6.28. The molecule has 200 valence electrons. The van der Waals surface area contributed by atoms with E-state index in [-0.39, 0.29) is 34.1 Å². The van der Waals surface area contributed by atoms with Crippen molar-refractivity contribution in [2.45, 2.75) is 25.8 Å². The highest BCUT2D eigenvalue weighted by Crippen LogP contribution is 2.46. The Labute approximate surface area is 226 Å². The maximum absolute atomic E-state index is 12.1. The molecule has 3 aromatic rings. The maximum Gasteiger partial charge on any atom is 0.223 e. The van der Waals surface area contributed by atoms with Crippen LogP contribution in [-0.2, 0) is 14.6 Å². The van der Waals surface area contributed by atoms with E-state index in [1.54, 1.807) is 25.3 Å². The largest absolute Gasteiger partial charge is 0.495 e. The van der Waals surface area contributed by atoms with Crippen molar-refractivity contribution in [1.29, 1.82) is 0 Å². The molecule has 0 bridgehead atoms. The van der Waals surface area contributed by atoms with Crippen LogP contribution in [0.1, 0.15) is 19.8 Å². The molecule has 10 nitrogen and oxygen atoms in total. The van der Waals surface area contributed by atoms with Crippen LogP contribution >= 0.6 is 23.2 Å². The monoisotopic (exact) mass is 569 g/mol. The second-order valence-electron chi connectivity index (χ2n) is 8.49. The third-order valence-electron chi connectivity index (χ3n) is 6.03. The van der Waals surface area contributed by atoms with E-state index in [1.807, 2.05) is 0 Å². The molecular weight excluding hydrogens is 541 g/mol. The Morgan fingerprint density at radius 3 is 2.49 bits per heavy atom. The van der Waals surface area contributed by atoms with Gasteiger partial charge in [0.05, 0.1) is 48.4 Å². The van der Waals surface area contributed by atoms with Gasteiger partial charge in [-0.1, -0.05) is 30.1 Å². The molecular formula is C24H29Cl2N5O5S. The number of aromatic nitrogens is 3. The van der Waals surface area contributed by atoms with Gasteiger partial charge < -0.3 is 24.8 Å². The number of rotatable bonds is 10. The van der Waals surface area contributed by atoms with Crippen LogP contribution in [0, 0.1) is 0 Å². The summed E-state index contributed by atoms with van der Waals surface area (Å²) < 4.78 is 40.5. The van der Waals surface area contributed by atoms with Crippen LogP contribution in [0.5, 0.6) is 11.5 Å². The van der Waals surface area contributed by atoms with Gasteiger partial charge >= 0.3 is 0 Å². The van der Waals surface area contributed by atoms with Crippen LogP contribution in [0.4, 0.5) is 11.8 Å². The van der Waals surface area contributed by atoms with Gasteiger partial charge in [-0.25, -0.2) is 23.4 Å². The van der Waals surface area contributed by atoms with Gasteiger partial charge in [-0.3, -0.25) is 0 Å². The number of benzene rings is 1. The molecule has 37 heavy (non-hydrogen) atoms. The van der Waals surface area contributed by atoms with Crippen molar-refractivity contribution in [2.24, 2.45) is 0 Å². The fourth-order valence-electron chi connectivity index (χ4n) is 3.98. The van der Waals surface area contributed by atoms with Gasteiger partial charge in [-0.2, -0.15) is 0 Å². The van der Waals surface area contributed by atoms with Crippen molar-refractivity contribution in [3.05, 3.63) is 28.4 Å². The normalized spacial score (nSPS) is 16.0. The van der Waals surface area contributed by atoms with E-state index in [1.165, 1.54) is 14.2 Å². The van der Waals surface area contributed by atoms with E-state index in [0.29, 0.717) is 52.0 Å². The van der Waals surface area contributed by atoms with Crippen molar-refractivity contribution < 1.29 is 22.6 Å². The first-order valence-electron chi connectivity index (χ1n) is 11.8. The number of fused-ring (bicyclic) bond motifs is 1. The third-order valence-corrected chi connectivity index (χ3v) is 8.49. The van der Waals surface area contributed by atoms with Gasteiger partial charge in [-0.15, -0.1) is 0 Å². The van der Waals surface area contributed by atoms with E-state index < -0.39 is 9.84 Å². The first-order valence-corrected chi connectivity index (χ1v) is 14.4. The quantitative estimate of drug-likeness (QED) is 0.361. The summed E-state index contributed by atoms with van der Waals surface area (Å²) in [5, 5.41) is 7.62. The Kier molecular flexibility index (Phi) is 8.79. The Morgan fingerprint density at radius 2 is 1.86 bits per heavy atom. The van der Waals surface area contributed by atoms with Gasteiger partial charge in [0.2, 0.25) is 5.95 Å². The molecule has 2 N–H and O–H groups in total. The SMILES string of the molecule is CCS(=O)(=O)CCNc1nc(-c2c(Cl)c(OC)cc(OC)c2Cl)cc2cnc(NC3CCCOC3)nc12. The number of methoxy groups -OCH3 is 2. The van der Waals surface area contributed by atoms with Crippen LogP contribution in [0.15, 0.2) is 18.3 Å². The highest BCUT2D eigenvalue weighted by molar-refractivity contribution is 7.91. The smallest absolute Gasteiger partial charge is 0.223 e. The number of hydrogen-bond donors (Lipinski definition) is 2. The standard InChI is InChI=1S/C24H29Cl2N5O5S/c1-4-37(32,33)9-7-27-23-22-14(12-28-24(31-22)29-15-6-5-8-36-13-15)10-16(30-23)19-20(25)17(34-2)11-18(35-3)21(19)26/h10-12,15H,4-9,13H2,1-3H3,(H,27,30)(H,28,29,31). The average Bonchev–Trinajstić information content (AvgIpc) is 2.89. The van der Waals surface area contributed by atoms with Crippen LogP contribution in [0.25, 0.3) is 22.2 Å². The van der Waals surface area contributed by atoms with E-state index in [9.17, 15) is 8.42 Å². The minimum atomic E-state index is -3.19. The van der Waals surface area contributed by atoms with Crippen molar-refractivity contribution >= 4 is 55.7 Å². The van der Waals surface area contributed by atoms with E-state index >= 15 is 0 Å². The zero-order valence-corrected chi connectivity index (χ0v) is 23.1. The summed E-state index contributed by atoms with van der Waals surface area (Å²) in [6.07, 6.45) is 3.58. The van der Waals surface area contributed by atoms with Crippen LogP contribution in [0.3, 0.4) is 0 Å². The molecule has 1 aliphatic rings. The predicted molar refractivity (Wildman–Crippen MR) is 146 cm³/mol. The lowest BCUT2D eigenvalue weighted by molar-refractivity contribution is 0.0874. The summed E-state index contributed by atoms with van der Waals surface area (Å²) in [6.45, 7) is 3.09. The number of pyridine rings is 1. The zero-order valence-electron chi connectivity index (χ0n) is 20.8. The average molecular weight is 570 g/mol. The second kappa shape index (κ2) is 11.8. The summed E-state index contributed by atoms with van der Waals surface area (Å²) in [5.74, 6) is 1.54. The Hall–Kier alpha value is -2.60. The highest BCUT2D eigenvalue weighted by Gasteiger charge is 2.22. The highest BCUT2D eigenvalue weighted by atomic mass is 35.5. The molecule has 1 unspecified atom stereocenters. The molecule has 0 radical (unpaired) electrons. The molecule has 0 amide bonds. The fourth-order valence-corrected chi connectivity index (χ4v) is 5.37. The van der Waals surface area contributed by atoms with Gasteiger partial charge in [0.25, 0.3) is 0 Å². The molecule has 0 saturated carbocycles. The predicted octanol–water partition coefficient (Wildman–Crippen LogP) is 4.45. The van der Waals surface area contributed by atoms with Crippen molar-refractivity contribution in [3.8, 4) is 22.8 Å². The molecule has 13 heteroatoms. The number of hydrogen-bond acceptors (Lipinski definition) is 10. The van der Waals surface area contributed by atoms with E-state index in [0.717, 1.165) is 19.4 Å². The molecule has 4 rings (SSSR count). The molecule has 1 saturated heterocycles. The number of anilines is 2.